The molecule has 0 bridgehead atoms. The Kier molecular flexibility index (Phi) is 13.8. The van der Waals surface area contributed by atoms with E-state index in [1.165, 1.54) is 12.1 Å². The SMILES string of the molecule is CCCO[C@@H]1C[C@H]([C@@H](O[Si](C)(C)C(C)(C)C)[C@H](Cc2cc(F)cc(F)c2)NC(=O)c2cc(C)cc(NC(=O)c3ccccc3)c2)N(C(=O)OC(C)(C)C)C1. The van der Waals surface area contributed by atoms with E-state index in [0.717, 1.165) is 18.1 Å². The van der Waals surface area contributed by atoms with Crippen LogP contribution in [0.4, 0.5) is 19.3 Å². The Labute approximate surface area is 320 Å². The zero-order chi connectivity index (χ0) is 40.0. The second-order valence-electron chi connectivity index (χ2n) is 16.7. The lowest BCUT2D eigenvalue weighted by Crippen LogP contribution is -2.60. The van der Waals surface area contributed by atoms with E-state index in [0.29, 0.717) is 29.8 Å². The molecule has 9 nitrogen and oxygen atoms in total. The van der Waals surface area contributed by atoms with E-state index in [1.54, 1.807) is 68.1 Å². The Morgan fingerprint density at radius 1 is 0.907 bits per heavy atom. The van der Waals surface area contributed by atoms with Crippen molar-refractivity contribution in [3.63, 3.8) is 0 Å². The Morgan fingerprint density at radius 3 is 2.15 bits per heavy atom. The Bertz CT molecular complexity index is 1760. The lowest BCUT2D eigenvalue weighted by Gasteiger charge is -2.45. The number of carbonyl (C=O) groups excluding carboxylic acids is 3. The molecule has 0 saturated carbocycles. The first-order chi connectivity index (χ1) is 25.2. The molecule has 0 aromatic heterocycles. The van der Waals surface area contributed by atoms with Gasteiger partial charge in [0.15, 0.2) is 8.32 Å². The fourth-order valence-corrected chi connectivity index (χ4v) is 7.64. The fourth-order valence-electron chi connectivity index (χ4n) is 6.28. The Balaban J connectivity index is 1.81. The first kappa shape index (κ1) is 42.6. The van der Waals surface area contributed by atoms with Gasteiger partial charge in [-0.1, -0.05) is 45.9 Å². The third-order valence-electron chi connectivity index (χ3n) is 9.83. The predicted octanol–water partition coefficient (Wildman–Crippen LogP) is 9.06. The third-order valence-corrected chi connectivity index (χ3v) is 14.3. The van der Waals surface area contributed by atoms with Crippen LogP contribution in [0.25, 0.3) is 0 Å². The molecule has 294 valence electrons. The van der Waals surface area contributed by atoms with E-state index < -0.39 is 55.7 Å². The summed E-state index contributed by atoms with van der Waals surface area (Å²) in [5, 5.41) is 5.76. The molecule has 1 fully saturated rings. The number of nitrogens with zero attached hydrogens (tertiary/aromatic N) is 1. The van der Waals surface area contributed by atoms with Crippen molar-refractivity contribution < 1.29 is 37.1 Å². The molecular weight excluding hydrogens is 709 g/mol. The fraction of sp³-hybridized carbons (Fsp3) is 0.500. The minimum absolute atomic E-state index is 0.0116. The minimum atomic E-state index is -2.66. The van der Waals surface area contributed by atoms with Gasteiger partial charge in [0.2, 0.25) is 0 Å². The molecule has 0 aliphatic carbocycles. The van der Waals surface area contributed by atoms with Gasteiger partial charge in [-0.15, -0.1) is 0 Å². The molecule has 3 aromatic carbocycles. The zero-order valence-corrected chi connectivity index (χ0v) is 34.3. The van der Waals surface area contributed by atoms with E-state index in [-0.39, 0.29) is 35.6 Å². The van der Waals surface area contributed by atoms with E-state index in [1.807, 2.05) is 19.9 Å². The highest BCUT2D eigenvalue weighted by Gasteiger charge is 2.49. The number of amides is 3. The van der Waals surface area contributed by atoms with Gasteiger partial charge in [-0.3, -0.25) is 14.5 Å². The van der Waals surface area contributed by atoms with Crippen molar-refractivity contribution in [3.8, 4) is 0 Å². The van der Waals surface area contributed by atoms with Crippen LogP contribution < -0.4 is 10.6 Å². The van der Waals surface area contributed by atoms with Gasteiger partial charge >= 0.3 is 6.09 Å². The van der Waals surface area contributed by atoms with E-state index in [2.05, 4.69) is 44.5 Å². The van der Waals surface area contributed by atoms with Crippen molar-refractivity contribution in [2.75, 3.05) is 18.5 Å². The summed E-state index contributed by atoms with van der Waals surface area (Å²) in [6.07, 6.45) is -0.552. The van der Waals surface area contributed by atoms with Crippen molar-refractivity contribution in [1.29, 1.82) is 0 Å². The molecule has 4 atom stereocenters. The van der Waals surface area contributed by atoms with Crippen molar-refractivity contribution >= 4 is 31.9 Å². The summed E-state index contributed by atoms with van der Waals surface area (Å²) in [4.78, 5) is 42.9. The second-order valence-corrected chi connectivity index (χ2v) is 21.5. The highest BCUT2D eigenvalue weighted by molar-refractivity contribution is 6.74. The van der Waals surface area contributed by atoms with E-state index in [9.17, 15) is 23.2 Å². The molecule has 3 amide bonds. The molecule has 1 aliphatic rings. The molecular formula is C42H57F2N3O6Si. The molecule has 12 heteroatoms. The number of hydrogen-bond donors (Lipinski definition) is 2. The summed E-state index contributed by atoms with van der Waals surface area (Å²) in [5.41, 5.74) is 1.40. The van der Waals surface area contributed by atoms with Gasteiger partial charge in [0.1, 0.15) is 17.2 Å². The molecule has 1 aliphatic heterocycles. The van der Waals surface area contributed by atoms with Gasteiger partial charge in [0.05, 0.1) is 30.8 Å². The maximum Gasteiger partial charge on any atom is 0.410 e. The average molecular weight is 766 g/mol. The van der Waals surface area contributed by atoms with Gasteiger partial charge in [-0.05, 0) is 119 Å². The summed E-state index contributed by atoms with van der Waals surface area (Å²) in [6.45, 7) is 20.4. The number of rotatable bonds is 13. The number of halogens is 2. The lowest BCUT2D eigenvalue weighted by atomic mass is 9.94. The molecule has 54 heavy (non-hydrogen) atoms. The number of aryl methyl sites for hydroxylation is 1. The van der Waals surface area contributed by atoms with Crippen LogP contribution in [0.5, 0.6) is 0 Å². The first-order valence-electron chi connectivity index (χ1n) is 18.7. The Hall–Kier alpha value is -4.13. The number of anilines is 1. The number of likely N-dealkylation sites (tertiary alicyclic amines) is 1. The molecule has 0 unspecified atom stereocenters. The monoisotopic (exact) mass is 765 g/mol. The molecule has 2 N–H and O–H groups in total. The van der Waals surface area contributed by atoms with Gasteiger partial charge < -0.3 is 24.5 Å². The van der Waals surface area contributed by atoms with Crippen molar-refractivity contribution in [1.82, 2.24) is 10.2 Å². The van der Waals surface area contributed by atoms with Crippen molar-refractivity contribution in [2.45, 2.75) is 123 Å². The average Bonchev–Trinajstić information content (AvgIpc) is 3.48. The molecule has 3 aromatic rings. The van der Waals surface area contributed by atoms with Gasteiger partial charge in [0.25, 0.3) is 11.8 Å². The largest absolute Gasteiger partial charge is 0.444 e. The number of nitrogens with one attached hydrogen (secondary N) is 2. The maximum absolute atomic E-state index is 14.7. The molecule has 0 spiro atoms. The van der Waals surface area contributed by atoms with Crippen LogP contribution >= 0.6 is 0 Å². The van der Waals surface area contributed by atoms with Crippen molar-refractivity contribution in [2.24, 2.45) is 0 Å². The second kappa shape index (κ2) is 17.6. The van der Waals surface area contributed by atoms with Gasteiger partial charge in [0, 0.05) is 29.5 Å². The number of benzene rings is 3. The van der Waals surface area contributed by atoms with Crippen LogP contribution in [0.3, 0.4) is 0 Å². The highest BCUT2D eigenvalue weighted by atomic mass is 28.4. The minimum Gasteiger partial charge on any atom is -0.444 e. The van der Waals surface area contributed by atoms with Crippen LogP contribution in [-0.4, -0.2) is 74.2 Å². The molecule has 1 saturated heterocycles. The lowest BCUT2D eigenvalue weighted by molar-refractivity contribution is 0.000336. The van der Waals surface area contributed by atoms with Crippen LogP contribution in [0.2, 0.25) is 18.1 Å². The predicted molar refractivity (Wildman–Crippen MR) is 210 cm³/mol. The molecule has 0 radical (unpaired) electrons. The zero-order valence-electron chi connectivity index (χ0n) is 33.3. The summed E-state index contributed by atoms with van der Waals surface area (Å²) in [7, 11) is -2.66. The number of carbonyl (C=O) groups is 3. The normalized spacial score (nSPS) is 17.5. The topological polar surface area (TPSA) is 106 Å². The Morgan fingerprint density at radius 2 is 1.56 bits per heavy atom. The quantitative estimate of drug-likeness (QED) is 0.168. The maximum atomic E-state index is 14.7. The van der Waals surface area contributed by atoms with Gasteiger partial charge in [-0.25, -0.2) is 13.6 Å². The first-order valence-corrected chi connectivity index (χ1v) is 21.6. The number of ether oxygens (including phenoxy) is 2. The van der Waals surface area contributed by atoms with Crippen molar-refractivity contribution in [3.05, 3.63) is 101 Å². The van der Waals surface area contributed by atoms with Crippen LogP contribution in [-0.2, 0) is 20.3 Å². The standard InChI is InChI=1S/C42H57F2N3O6Si/c1-11-17-51-34-25-36(47(26-34)40(50)52-41(3,4)5)37(53-54(9,10)42(6,7)8)35(22-28-20-31(43)24-32(44)21-28)46-39(49)30-18-27(2)19-33(23-30)45-38(48)29-15-13-12-14-16-29/h12-16,18-21,23-24,34-37H,11,17,22,25-26H2,1-10H3,(H,45,48)(H,46,49)/t34-,35+,36-,37+/m1/s1. The summed E-state index contributed by atoms with van der Waals surface area (Å²) in [6, 6.07) is 15.6. The van der Waals surface area contributed by atoms with Crippen LogP contribution in [0.1, 0.15) is 93.2 Å². The van der Waals surface area contributed by atoms with E-state index >= 15 is 0 Å². The highest BCUT2D eigenvalue weighted by Crippen LogP contribution is 2.40. The van der Waals surface area contributed by atoms with Gasteiger partial charge in [-0.2, -0.15) is 0 Å². The summed E-state index contributed by atoms with van der Waals surface area (Å²) >= 11 is 0. The van der Waals surface area contributed by atoms with Crippen LogP contribution in [0.15, 0.2) is 66.7 Å². The molecule has 1 heterocycles. The third kappa shape index (κ3) is 11.7. The number of hydrogen-bond acceptors (Lipinski definition) is 6. The van der Waals surface area contributed by atoms with Crippen LogP contribution in [0, 0.1) is 18.6 Å². The smallest absolute Gasteiger partial charge is 0.410 e. The molecule has 4 rings (SSSR count). The summed E-state index contributed by atoms with van der Waals surface area (Å²) in [5.74, 6) is -2.32. The van der Waals surface area contributed by atoms with E-state index in [4.69, 9.17) is 13.9 Å². The summed E-state index contributed by atoms with van der Waals surface area (Å²) < 4.78 is 48.6.